The Balaban J connectivity index is 1.96. The van der Waals surface area contributed by atoms with Crippen LogP contribution in [0.1, 0.15) is 27.4 Å². The van der Waals surface area contributed by atoms with Crippen molar-refractivity contribution in [1.29, 1.82) is 0 Å². The average molecular weight is 331 g/mol. The third kappa shape index (κ3) is 2.85. The van der Waals surface area contributed by atoms with Crippen LogP contribution in [-0.4, -0.2) is 32.1 Å². The lowest BCUT2D eigenvalue weighted by atomic mass is 10.2. The molecule has 0 unspecified atom stereocenters. The van der Waals surface area contributed by atoms with E-state index in [9.17, 15) is 4.79 Å². The number of thiophene rings is 1. The number of methoxy groups -OCH3 is 1. The van der Waals surface area contributed by atoms with Gasteiger partial charge in [-0.1, -0.05) is 0 Å². The van der Waals surface area contributed by atoms with Gasteiger partial charge in [-0.3, -0.25) is 4.79 Å². The summed E-state index contributed by atoms with van der Waals surface area (Å²) in [4.78, 5) is 21.9. The predicted octanol–water partition coefficient (Wildman–Crippen LogP) is 1.74. The van der Waals surface area contributed by atoms with Crippen LogP contribution >= 0.6 is 11.3 Å². The first-order valence-corrected chi connectivity index (χ1v) is 7.86. The van der Waals surface area contributed by atoms with Gasteiger partial charge in [0.15, 0.2) is 0 Å². The number of ether oxygens (including phenoxy) is 1. The molecule has 0 saturated heterocycles. The molecule has 1 N–H and O–H groups in total. The highest BCUT2D eigenvalue weighted by molar-refractivity contribution is 7.12. The summed E-state index contributed by atoms with van der Waals surface area (Å²) in [6.07, 6.45) is 7.07. The summed E-state index contributed by atoms with van der Waals surface area (Å²) in [6, 6.07) is 1.32. The van der Waals surface area contributed by atoms with E-state index in [1.165, 1.54) is 11.3 Å². The van der Waals surface area contributed by atoms with Crippen molar-refractivity contribution >= 4 is 17.2 Å². The molecule has 3 aromatic rings. The molecule has 0 aliphatic carbocycles. The number of nitrogens with one attached hydrogen (secondary N) is 1. The fraction of sp³-hybridized carbons (Fsp3) is 0.267. The van der Waals surface area contributed by atoms with E-state index in [4.69, 9.17) is 4.74 Å². The minimum atomic E-state index is -0.450. The van der Waals surface area contributed by atoms with Crippen molar-refractivity contribution in [2.45, 2.75) is 6.04 Å². The van der Waals surface area contributed by atoms with E-state index >= 15 is 0 Å². The fourth-order valence-electron chi connectivity index (χ4n) is 2.38. The Morgan fingerprint density at radius 2 is 1.83 bits per heavy atom. The van der Waals surface area contributed by atoms with Gasteiger partial charge in [-0.25, -0.2) is 9.97 Å². The van der Waals surface area contributed by atoms with Gasteiger partial charge in [-0.2, -0.15) is 0 Å². The van der Waals surface area contributed by atoms with E-state index in [-0.39, 0.29) is 5.91 Å². The van der Waals surface area contributed by atoms with Gasteiger partial charge in [0.25, 0.3) is 5.91 Å². The summed E-state index contributed by atoms with van der Waals surface area (Å²) in [5.74, 6) is 1.77. The maximum Gasteiger partial charge on any atom is 0.266 e. The normalized spacial score (nSPS) is 11.0. The Hall–Kier alpha value is -2.61. The molecular weight excluding hydrogens is 314 g/mol. The highest BCUT2D eigenvalue weighted by Crippen LogP contribution is 2.26. The number of aryl methyl sites for hydroxylation is 2. The molecule has 120 valence electrons. The molecule has 23 heavy (non-hydrogen) atoms. The first-order chi connectivity index (χ1) is 11.1. The number of amides is 1. The maximum atomic E-state index is 12.7. The van der Waals surface area contributed by atoms with Crippen LogP contribution in [0.4, 0.5) is 0 Å². The molecule has 0 fully saturated rings. The van der Waals surface area contributed by atoms with Crippen molar-refractivity contribution in [3.8, 4) is 5.75 Å². The zero-order valence-electron chi connectivity index (χ0n) is 13.1. The molecule has 3 rings (SSSR count). The van der Waals surface area contributed by atoms with E-state index < -0.39 is 6.04 Å². The van der Waals surface area contributed by atoms with Gasteiger partial charge in [0.1, 0.15) is 28.3 Å². The minimum Gasteiger partial charge on any atom is -0.495 e. The molecule has 0 aliphatic rings. The molecule has 3 aromatic heterocycles. The van der Waals surface area contributed by atoms with E-state index in [0.717, 1.165) is 0 Å². The Morgan fingerprint density at radius 1 is 1.22 bits per heavy atom. The SMILES string of the molecule is COc1ccsc1C(=O)NC(c1nccn1C)c1nccn1C. The van der Waals surface area contributed by atoms with Crippen LogP contribution in [0.3, 0.4) is 0 Å². The van der Waals surface area contributed by atoms with E-state index in [1.807, 2.05) is 41.0 Å². The van der Waals surface area contributed by atoms with Gasteiger partial charge in [0.05, 0.1) is 7.11 Å². The highest BCUT2D eigenvalue weighted by Gasteiger charge is 2.26. The van der Waals surface area contributed by atoms with Crippen LogP contribution in [0.2, 0.25) is 0 Å². The highest BCUT2D eigenvalue weighted by atomic mass is 32.1. The lowest BCUT2D eigenvalue weighted by molar-refractivity contribution is 0.0940. The van der Waals surface area contributed by atoms with Gasteiger partial charge in [0, 0.05) is 38.9 Å². The van der Waals surface area contributed by atoms with Crippen LogP contribution in [0.15, 0.2) is 36.2 Å². The van der Waals surface area contributed by atoms with Gasteiger partial charge in [-0.15, -0.1) is 11.3 Å². The fourth-order valence-corrected chi connectivity index (χ4v) is 3.14. The molecule has 7 nitrogen and oxygen atoms in total. The summed E-state index contributed by atoms with van der Waals surface area (Å²) in [5.41, 5.74) is 0. The maximum absolute atomic E-state index is 12.7. The van der Waals surface area contributed by atoms with Gasteiger partial charge in [-0.05, 0) is 11.4 Å². The zero-order chi connectivity index (χ0) is 16.4. The quantitative estimate of drug-likeness (QED) is 0.773. The van der Waals surface area contributed by atoms with Crippen molar-refractivity contribution in [1.82, 2.24) is 24.4 Å². The Bertz CT molecular complexity index is 779. The van der Waals surface area contributed by atoms with Crippen molar-refractivity contribution < 1.29 is 9.53 Å². The van der Waals surface area contributed by atoms with Crippen LogP contribution in [-0.2, 0) is 14.1 Å². The number of nitrogens with zero attached hydrogens (tertiary/aromatic N) is 4. The minimum absolute atomic E-state index is 0.215. The monoisotopic (exact) mass is 331 g/mol. The lowest BCUT2D eigenvalue weighted by Crippen LogP contribution is -2.32. The first-order valence-electron chi connectivity index (χ1n) is 6.98. The summed E-state index contributed by atoms with van der Waals surface area (Å²) in [7, 11) is 5.32. The van der Waals surface area contributed by atoms with Crippen LogP contribution < -0.4 is 10.1 Å². The van der Waals surface area contributed by atoms with Gasteiger partial charge < -0.3 is 19.2 Å². The van der Waals surface area contributed by atoms with E-state index in [0.29, 0.717) is 22.3 Å². The molecule has 0 spiro atoms. The van der Waals surface area contributed by atoms with E-state index in [2.05, 4.69) is 15.3 Å². The largest absolute Gasteiger partial charge is 0.495 e. The van der Waals surface area contributed by atoms with Gasteiger partial charge in [0.2, 0.25) is 0 Å². The molecule has 0 saturated carbocycles. The molecule has 3 heterocycles. The Kier molecular flexibility index (Phi) is 4.16. The van der Waals surface area contributed by atoms with Crippen molar-refractivity contribution in [2.24, 2.45) is 14.1 Å². The number of hydrogen-bond donors (Lipinski definition) is 1. The number of hydrogen-bond acceptors (Lipinski definition) is 5. The third-order valence-corrected chi connectivity index (χ3v) is 4.46. The summed E-state index contributed by atoms with van der Waals surface area (Å²) in [5, 5.41) is 4.83. The molecule has 0 aliphatic heterocycles. The summed E-state index contributed by atoms with van der Waals surface area (Å²) >= 11 is 1.34. The predicted molar refractivity (Wildman–Crippen MR) is 86.6 cm³/mol. The van der Waals surface area contributed by atoms with Gasteiger partial charge >= 0.3 is 0 Å². The Labute approximate surface area is 137 Å². The lowest BCUT2D eigenvalue weighted by Gasteiger charge is -2.18. The van der Waals surface area contributed by atoms with E-state index in [1.54, 1.807) is 25.6 Å². The van der Waals surface area contributed by atoms with Crippen LogP contribution in [0, 0.1) is 0 Å². The number of imidazole rings is 2. The molecular formula is C15H17N5O2S. The van der Waals surface area contributed by atoms with Crippen molar-refractivity contribution in [2.75, 3.05) is 7.11 Å². The number of carbonyl (C=O) groups excluding carboxylic acids is 1. The third-order valence-electron chi connectivity index (χ3n) is 3.56. The van der Waals surface area contributed by atoms with Crippen molar-refractivity contribution in [3.63, 3.8) is 0 Å². The Morgan fingerprint density at radius 3 is 2.30 bits per heavy atom. The second kappa shape index (κ2) is 6.25. The smallest absolute Gasteiger partial charge is 0.266 e. The second-order valence-electron chi connectivity index (χ2n) is 5.02. The second-order valence-corrected chi connectivity index (χ2v) is 5.93. The number of rotatable bonds is 5. The summed E-state index contributed by atoms with van der Waals surface area (Å²) in [6.45, 7) is 0. The van der Waals surface area contributed by atoms with Crippen LogP contribution in [0.5, 0.6) is 5.75 Å². The topological polar surface area (TPSA) is 74.0 Å². The molecule has 0 bridgehead atoms. The molecule has 1 amide bonds. The first kappa shape index (κ1) is 15.3. The number of carbonyl (C=O) groups is 1. The van der Waals surface area contributed by atoms with Crippen molar-refractivity contribution in [3.05, 3.63) is 52.8 Å². The molecule has 0 radical (unpaired) electrons. The van der Waals surface area contributed by atoms with Crippen LogP contribution in [0.25, 0.3) is 0 Å². The average Bonchev–Trinajstić information content (AvgIpc) is 3.25. The molecule has 8 heteroatoms. The number of aromatic nitrogens is 4. The molecule has 0 aromatic carbocycles. The zero-order valence-corrected chi connectivity index (χ0v) is 13.9. The summed E-state index contributed by atoms with van der Waals surface area (Å²) < 4.78 is 8.96. The standard InChI is InChI=1S/C15H17N5O2S/c1-19-7-5-16-13(19)11(14-17-6-8-20(14)2)18-15(21)12-10(22-3)4-9-23-12/h4-9,11H,1-3H3,(H,18,21). The molecule has 0 atom stereocenters.